The van der Waals surface area contributed by atoms with Crippen LogP contribution in [0, 0.1) is 5.41 Å². The molecule has 1 amide bonds. The molecule has 30 heavy (non-hydrogen) atoms. The van der Waals surface area contributed by atoms with Crippen molar-refractivity contribution in [2.75, 3.05) is 17.5 Å². The number of hydrazone groups is 1. The minimum Gasteiger partial charge on any atom is -0.494 e. The molecule has 8 heteroatoms. The van der Waals surface area contributed by atoms with Crippen molar-refractivity contribution in [2.45, 2.75) is 39.5 Å². The number of sulfonamides is 1. The van der Waals surface area contributed by atoms with Crippen molar-refractivity contribution in [3.05, 3.63) is 54.6 Å². The van der Waals surface area contributed by atoms with Gasteiger partial charge in [0, 0.05) is 11.1 Å². The number of para-hydroxylation sites is 1. The van der Waals surface area contributed by atoms with E-state index in [2.05, 4.69) is 10.5 Å². The van der Waals surface area contributed by atoms with Crippen LogP contribution in [0.25, 0.3) is 0 Å². The second kappa shape index (κ2) is 9.75. The lowest BCUT2D eigenvalue weighted by molar-refractivity contribution is -0.119. The minimum atomic E-state index is -3.98. The van der Waals surface area contributed by atoms with E-state index >= 15 is 0 Å². The van der Waals surface area contributed by atoms with Crippen LogP contribution in [0.3, 0.4) is 0 Å². The molecule has 0 aliphatic heterocycles. The Morgan fingerprint density at radius 2 is 1.67 bits per heavy atom. The van der Waals surface area contributed by atoms with Crippen LogP contribution in [0.4, 0.5) is 5.69 Å². The van der Waals surface area contributed by atoms with Crippen LogP contribution >= 0.6 is 0 Å². The van der Waals surface area contributed by atoms with Gasteiger partial charge in [-0.05, 0) is 50.2 Å². The third kappa shape index (κ3) is 6.06. The number of anilines is 1. The number of carbonyl (C=O) groups is 1. The van der Waals surface area contributed by atoms with E-state index in [9.17, 15) is 13.2 Å². The van der Waals surface area contributed by atoms with Crippen LogP contribution in [-0.4, -0.2) is 33.2 Å². The molecule has 2 rings (SSSR count). The van der Waals surface area contributed by atoms with Gasteiger partial charge in [0.05, 0.1) is 17.2 Å². The number of nitrogens with zero attached hydrogens (tertiary/aromatic N) is 2. The third-order valence-corrected chi connectivity index (χ3v) is 6.28. The number of rotatable bonds is 8. The maximum Gasteiger partial charge on any atom is 0.264 e. The van der Waals surface area contributed by atoms with E-state index in [4.69, 9.17) is 4.74 Å². The van der Waals surface area contributed by atoms with E-state index in [0.717, 1.165) is 10.0 Å². The Morgan fingerprint density at radius 1 is 1.07 bits per heavy atom. The number of carbonyl (C=O) groups excluding carboxylic acids is 1. The molecule has 162 valence electrons. The fourth-order valence-corrected chi connectivity index (χ4v) is 3.81. The molecule has 0 radical (unpaired) electrons. The topological polar surface area (TPSA) is 88.1 Å². The lowest BCUT2D eigenvalue weighted by Gasteiger charge is -2.24. The molecule has 0 aromatic heterocycles. The van der Waals surface area contributed by atoms with Crippen LogP contribution in [0.5, 0.6) is 5.75 Å². The van der Waals surface area contributed by atoms with Gasteiger partial charge in [0.15, 0.2) is 0 Å². The molecular weight excluding hydrogens is 402 g/mol. The fourth-order valence-electron chi connectivity index (χ4n) is 2.39. The molecule has 7 nitrogen and oxygen atoms in total. The summed E-state index contributed by atoms with van der Waals surface area (Å²) in [6.45, 7) is 9.67. The zero-order chi connectivity index (χ0) is 22.4. The van der Waals surface area contributed by atoms with Gasteiger partial charge >= 0.3 is 0 Å². The molecule has 0 saturated carbocycles. The van der Waals surface area contributed by atoms with Gasteiger partial charge in [0.2, 0.25) is 0 Å². The number of hydrogen-bond donors (Lipinski definition) is 1. The van der Waals surface area contributed by atoms with Gasteiger partial charge in [0.1, 0.15) is 12.3 Å². The molecule has 0 atom stereocenters. The Hall–Kier alpha value is -2.87. The molecule has 0 spiro atoms. The Balaban J connectivity index is 2.33. The van der Waals surface area contributed by atoms with E-state index in [-0.39, 0.29) is 10.3 Å². The van der Waals surface area contributed by atoms with Crippen molar-refractivity contribution in [3.63, 3.8) is 0 Å². The Bertz CT molecular complexity index is 979. The molecule has 0 heterocycles. The quantitative estimate of drug-likeness (QED) is 0.508. The van der Waals surface area contributed by atoms with Gasteiger partial charge < -0.3 is 4.74 Å². The van der Waals surface area contributed by atoms with Gasteiger partial charge in [-0.2, -0.15) is 5.10 Å². The maximum atomic E-state index is 13.3. The van der Waals surface area contributed by atoms with E-state index in [1.165, 1.54) is 12.1 Å². The zero-order valence-corrected chi connectivity index (χ0v) is 18.9. The zero-order valence-electron chi connectivity index (χ0n) is 18.0. The smallest absolute Gasteiger partial charge is 0.264 e. The highest BCUT2D eigenvalue weighted by atomic mass is 32.2. The summed E-state index contributed by atoms with van der Waals surface area (Å²) >= 11 is 0. The highest BCUT2D eigenvalue weighted by Gasteiger charge is 2.27. The van der Waals surface area contributed by atoms with Crippen molar-refractivity contribution < 1.29 is 17.9 Å². The molecule has 0 aliphatic carbocycles. The molecule has 0 fully saturated rings. The summed E-state index contributed by atoms with van der Waals surface area (Å²) in [6, 6.07) is 14.6. The normalized spacial score (nSPS) is 12.4. The number of hydrogen-bond acceptors (Lipinski definition) is 5. The lowest BCUT2D eigenvalue weighted by atomic mass is 9.91. The number of nitrogens with one attached hydrogen (secondary N) is 1. The van der Waals surface area contributed by atoms with Gasteiger partial charge in [-0.3, -0.25) is 9.10 Å². The standard InChI is InChI=1S/C22H29N3O4S/c1-6-29-19-12-14-20(15-13-19)30(27,28)25(18-10-8-7-9-11-18)16-21(26)24-23-17(2)22(3,4)5/h7-15H,6,16H2,1-5H3,(H,24,26)/b23-17-. The van der Waals surface area contributed by atoms with Crippen molar-refractivity contribution in [1.82, 2.24) is 5.43 Å². The molecule has 0 saturated heterocycles. The SMILES string of the molecule is CCOc1ccc(S(=O)(=O)N(CC(=O)N/N=C(/C)C(C)(C)C)c2ccccc2)cc1. The average molecular weight is 432 g/mol. The summed E-state index contributed by atoms with van der Waals surface area (Å²) in [5.41, 5.74) is 3.37. The first-order chi connectivity index (χ1) is 14.1. The second-order valence-electron chi connectivity index (χ2n) is 7.73. The molecule has 0 aliphatic rings. The summed E-state index contributed by atoms with van der Waals surface area (Å²) in [5.74, 6) is 0.0458. The predicted octanol–water partition coefficient (Wildman–Crippen LogP) is 3.82. The highest BCUT2D eigenvalue weighted by molar-refractivity contribution is 7.92. The average Bonchev–Trinajstić information content (AvgIpc) is 2.70. The van der Waals surface area contributed by atoms with Crippen LogP contribution in [-0.2, 0) is 14.8 Å². The molecule has 0 unspecified atom stereocenters. The van der Waals surface area contributed by atoms with Gasteiger partial charge in [-0.25, -0.2) is 13.8 Å². The Labute approximate surface area is 178 Å². The third-order valence-electron chi connectivity index (χ3n) is 4.49. The number of amides is 1. The van der Waals surface area contributed by atoms with Crippen molar-refractivity contribution in [2.24, 2.45) is 10.5 Å². The van der Waals surface area contributed by atoms with Crippen LogP contribution in [0.15, 0.2) is 64.6 Å². The van der Waals surface area contributed by atoms with Crippen LogP contribution in [0.1, 0.15) is 34.6 Å². The van der Waals surface area contributed by atoms with E-state index in [1.54, 1.807) is 42.5 Å². The fraction of sp³-hybridized carbons (Fsp3) is 0.364. The summed E-state index contributed by atoms with van der Waals surface area (Å²) in [6.07, 6.45) is 0. The predicted molar refractivity (Wildman–Crippen MR) is 119 cm³/mol. The first-order valence-corrected chi connectivity index (χ1v) is 11.1. The maximum absolute atomic E-state index is 13.3. The Kier molecular flexibility index (Phi) is 7.61. The minimum absolute atomic E-state index is 0.0666. The van der Waals surface area contributed by atoms with Crippen LogP contribution in [0.2, 0.25) is 0 Å². The lowest BCUT2D eigenvalue weighted by Crippen LogP contribution is -2.40. The van der Waals surface area contributed by atoms with Gasteiger partial charge in [-0.1, -0.05) is 39.0 Å². The van der Waals surface area contributed by atoms with E-state index in [0.29, 0.717) is 18.0 Å². The highest BCUT2D eigenvalue weighted by Crippen LogP contribution is 2.25. The molecule has 2 aromatic carbocycles. The summed E-state index contributed by atoms with van der Waals surface area (Å²) in [7, 11) is -3.98. The van der Waals surface area contributed by atoms with Crippen molar-refractivity contribution >= 4 is 27.3 Å². The Morgan fingerprint density at radius 3 is 2.20 bits per heavy atom. The van der Waals surface area contributed by atoms with Gasteiger partial charge in [-0.15, -0.1) is 0 Å². The van der Waals surface area contributed by atoms with Crippen molar-refractivity contribution in [1.29, 1.82) is 0 Å². The number of ether oxygens (including phenoxy) is 1. The van der Waals surface area contributed by atoms with Gasteiger partial charge in [0.25, 0.3) is 15.9 Å². The summed E-state index contributed by atoms with van der Waals surface area (Å²) in [4.78, 5) is 12.6. The molecule has 1 N–H and O–H groups in total. The first-order valence-electron chi connectivity index (χ1n) is 9.70. The first kappa shape index (κ1) is 23.4. The van der Waals surface area contributed by atoms with Crippen molar-refractivity contribution in [3.8, 4) is 5.75 Å². The number of benzene rings is 2. The molecule has 2 aromatic rings. The molecule has 0 bridgehead atoms. The monoisotopic (exact) mass is 431 g/mol. The molecular formula is C22H29N3O4S. The summed E-state index contributed by atoms with van der Waals surface area (Å²) in [5, 5.41) is 4.11. The van der Waals surface area contributed by atoms with Crippen LogP contribution < -0.4 is 14.5 Å². The largest absolute Gasteiger partial charge is 0.494 e. The van der Waals surface area contributed by atoms with E-state index < -0.39 is 22.5 Å². The van der Waals surface area contributed by atoms with E-state index in [1.807, 2.05) is 34.6 Å². The second-order valence-corrected chi connectivity index (χ2v) is 9.60. The summed E-state index contributed by atoms with van der Waals surface area (Å²) < 4.78 is 33.1.